The van der Waals surface area contributed by atoms with E-state index in [2.05, 4.69) is 0 Å². The van der Waals surface area contributed by atoms with E-state index < -0.39 is 30.5 Å². The van der Waals surface area contributed by atoms with Crippen molar-refractivity contribution in [3.05, 3.63) is 11.9 Å². The molecular weight excluding hydrogens is 238 g/mol. The van der Waals surface area contributed by atoms with Crippen LogP contribution in [0.2, 0.25) is 0 Å². The van der Waals surface area contributed by atoms with Crippen LogP contribution in [0.25, 0.3) is 0 Å². The Balaban J connectivity index is 2.61. The zero-order valence-corrected chi connectivity index (χ0v) is 10.7. The summed E-state index contributed by atoms with van der Waals surface area (Å²) in [5.41, 5.74) is 6.24. The topological polar surface area (TPSA) is 125 Å². The van der Waals surface area contributed by atoms with Gasteiger partial charge in [0.1, 0.15) is 12.2 Å². The number of ether oxygens (including phenoxy) is 1. The average molecular weight is 261 g/mol. The fourth-order valence-corrected chi connectivity index (χ4v) is 1.86. The summed E-state index contributed by atoms with van der Waals surface area (Å²) in [7, 11) is 0. The van der Waals surface area contributed by atoms with Gasteiger partial charge in [-0.25, -0.2) is 5.84 Å². The molecule has 0 aliphatic carbocycles. The molecular formula is C11H23N3O4. The molecule has 0 aromatic heterocycles. The fourth-order valence-electron chi connectivity index (χ4n) is 1.86. The Morgan fingerprint density at radius 1 is 1.33 bits per heavy atom. The van der Waals surface area contributed by atoms with E-state index in [1.54, 1.807) is 13.1 Å². The molecule has 0 amide bonds. The van der Waals surface area contributed by atoms with Crippen molar-refractivity contribution in [2.24, 2.45) is 17.5 Å². The molecule has 1 aliphatic rings. The van der Waals surface area contributed by atoms with Gasteiger partial charge in [0.2, 0.25) is 0 Å². The normalized spacial score (nSPS) is 37.7. The predicted molar refractivity (Wildman–Crippen MR) is 65.5 cm³/mol. The maximum atomic E-state index is 9.94. The smallest absolute Gasteiger partial charge is 0.181 e. The second kappa shape index (κ2) is 6.35. The van der Waals surface area contributed by atoms with Crippen LogP contribution in [0.15, 0.2) is 11.9 Å². The lowest BCUT2D eigenvalue weighted by Gasteiger charge is -2.40. The van der Waals surface area contributed by atoms with Crippen molar-refractivity contribution in [3.63, 3.8) is 0 Å². The molecule has 1 rings (SSSR count). The summed E-state index contributed by atoms with van der Waals surface area (Å²) in [5.74, 6) is 5.22. The number of nitrogens with two attached hydrogens (primary N) is 2. The van der Waals surface area contributed by atoms with Crippen molar-refractivity contribution in [2.45, 2.75) is 44.9 Å². The number of aliphatic hydroxyl groups excluding tert-OH is 3. The van der Waals surface area contributed by atoms with Crippen molar-refractivity contribution in [2.75, 3.05) is 6.54 Å². The molecule has 7 heteroatoms. The van der Waals surface area contributed by atoms with Gasteiger partial charge in [-0.05, 0) is 6.42 Å². The lowest BCUT2D eigenvalue weighted by Crippen LogP contribution is -2.56. The molecule has 0 aromatic carbocycles. The minimum absolute atomic E-state index is 0.177. The van der Waals surface area contributed by atoms with Crippen LogP contribution in [0, 0.1) is 5.92 Å². The highest BCUT2D eigenvalue weighted by Gasteiger charge is 2.41. The molecule has 0 saturated carbocycles. The van der Waals surface area contributed by atoms with Crippen LogP contribution >= 0.6 is 0 Å². The monoisotopic (exact) mass is 261 g/mol. The summed E-state index contributed by atoms with van der Waals surface area (Å²) in [6, 6.07) is 0. The summed E-state index contributed by atoms with van der Waals surface area (Å²) in [5, 5.41) is 30.3. The Bertz CT molecular complexity index is 300. The van der Waals surface area contributed by atoms with Crippen LogP contribution in [-0.4, -0.2) is 51.5 Å². The van der Waals surface area contributed by atoms with E-state index in [1.807, 2.05) is 6.92 Å². The molecule has 7 nitrogen and oxygen atoms in total. The Morgan fingerprint density at radius 2 is 1.94 bits per heavy atom. The largest absolute Gasteiger partial charge is 0.401 e. The molecule has 18 heavy (non-hydrogen) atoms. The molecule has 1 fully saturated rings. The van der Waals surface area contributed by atoms with Crippen LogP contribution in [0.3, 0.4) is 0 Å². The van der Waals surface area contributed by atoms with Crippen LogP contribution < -0.4 is 11.6 Å². The van der Waals surface area contributed by atoms with Gasteiger partial charge in [0.25, 0.3) is 0 Å². The molecule has 1 saturated heterocycles. The van der Waals surface area contributed by atoms with Gasteiger partial charge >= 0.3 is 0 Å². The first kappa shape index (κ1) is 15.2. The molecule has 5 unspecified atom stereocenters. The van der Waals surface area contributed by atoms with E-state index in [1.165, 1.54) is 5.01 Å². The Hall–Kier alpha value is -0.860. The highest BCUT2D eigenvalue weighted by molar-refractivity contribution is 4.95. The summed E-state index contributed by atoms with van der Waals surface area (Å²) in [6.07, 6.45) is -1.76. The summed E-state index contributed by atoms with van der Waals surface area (Å²) in [4.78, 5) is 0. The Morgan fingerprint density at radius 3 is 2.50 bits per heavy atom. The minimum Gasteiger partial charge on any atom is -0.401 e. The second-order valence-corrected chi connectivity index (χ2v) is 4.66. The van der Waals surface area contributed by atoms with Crippen molar-refractivity contribution in [1.29, 1.82) is 0 Å². The SMILES string of the molecule is CC/C(N)=C/N(N)CC1OC(O)C(O)C(C)C1O. The third-order valence-electron chi connectivity index (χ3n) is 3.20. The van der Waals surface area contributed by atoms with Crippen LogP contribution in [0.1, 0.15) is 20.3 Å². The van der Waals surface area contributed by atoms with Gasteiger partial charge in [0.15, 0.2) is 6.29 Å². The van der Waals surface area contributed by atoms with E-state index >= 15 is 0 Å². The van der Waals surface area contributed by atoms with Gasteiger partial charge in [-0.2, -0.15) is 0 Å². The highest BCUT2D eigenvalue weighted by Crippen LogP contribution is 2.25. The number of hydrazine groups is 1. The predicted octanol–water partition coefficient (Wildman–Crippen LogP) is -1.55. The summed E-state index contributed by atoms with van der Waals surface area (Å²) >= 11 is 0. The van der Waals surface area contributed by atoms with Crippen molar-refractivity contribution in [3.8, 4) is 0 Å². The van der Waals surface area contributed by atoms with E-state index in [9.17, 15) is 15.3 Å². The summed E-state index contributed by atoms with van der Waals surface area (Å²) < 4.78 is 5.13. The van der Waals surface area contributed by atoms with Crippen LogP contribution in [0.5, 0.6) is 0 Å². The van der Waals surface area contributed by atoms with Gasteiger partial charge in [-0.3, -0.25) is 0 Å². The first-order valence-corrected chi connectivity index (χ1v) is 6.04. The molecule has 0 spiro atoms. The van der Waals surface area contributed by atoms with Crippen LogP contribution in [0.4, 0.5) is 0 Å². The molecule has 106 valence electrons. The van der Waals surface area contributed by atoms with Gasteiger partial charge < -0.3 is 30.8 Å². The molecule has 0 radical (unpaired) electrons. The zero-order valence-electron chi connectivity index (χ0n) is 10.7. The number of rotatable bonds is 4. The first-order valence-electron chi connectivity index (χ1n) is 6.04. The molecule has 0 bridgehead atoms. The quantitative estimate of drug-likeness (QED) is 0.306. The van der Waals surface area contributed by atoms with Gasteiger partial charge in [-0.15, -0.1) is 0 Å². The number of nitrogens with zero attached hydrogens (tertiary/aromatic N) is 1. The van der Waals surface area contributed by atoms with Crippen molar-refractivity contribution >= 4 is 0 Å². The van der Waals surface area contributed by atoms with E-state index in [4.69, 9.17) is 16.3 Å². The molecule has 1 heterocycles. The standard InChI is InChI=1S/C11H23N3O4/c1-3-7(12)4-14(13)5-8-9(15)6(2)10(16)11(17)18-8/h4,6,8-11,15-17H,3,5,12-13H2,1-2H3/b7-4-. The lowest BCUT2D eigenvalue weighted by atomic mass is 9.90. The molecule has 1 aliphatic heterocycles. The van der Waals surface area contributed by atoms with E-state index in [0.717, 1.165) is 0 Å². The number of aliphatic hydroxyl groups is 3. The molecule has 5 atom stereocenters. The summed E-state index contributed by atoms with van der Waals surface area (Å²) in [6.45, 7) is 3.72. The van der Waals surface area contributed by atoms with Crippen molar-refractivity contribution < 1.29 is 20.1 Å². The van der Waals surface area contributed by atoms with E-state index in [-0.39, 0.29) is 6.54 Å². The fraction of sp³-hybridized carbons (Fsp3) is 0.818. The van der Waals surface area contributed by atoms with Crippen molar-refractivity contribution in [1.82, 2.24) is 5.01 Å². The van der Waals surface area contributed by atoms with Gasteiger partial charge in [0, 0.05) is 17.8 Å². The maximum absolute atomic E-state index is 9.94. The van der Waals surface area contributed by atoms with Gasteiger partial charge in [0.05, 0.1) is 12.6 Å². The second-order valence-electron chi connectivity index (χ2n) is 4.66. The highest BCUT2D eigenvalue weighted by atomic mass is 16.6. The Labute approximate surface area is 107 Å². The minimum atomic E-state index is -1.31. The third-order valence-corrected chi connectivity index (χ3v) is 3.20. The number of hydrogen-bond donors (Lipinski definition) is 5. The number of allylic oxidation sites excluding steroid dienone is 1. The number of hydrogen-bond acceptors (Lipinski definition) is 7. The average Bonchev–Trinajstić information content (AvgIpc) is 2.33. The van der Waals surface area contributed by atoms with Crippen LogP contribution in [-0.2, 0) is 4.74 Å². The third kappa shape index (κ3) is 3.56. The molecule has 7 N–H and O–H groups in total. The van der Waals surface area contributed by atoms with E-state index in [0.29, 0.717) is 12.1 Å². The Kier molecular flexibility index (Phi) is 5.36. The lowest BCUT2D eigenvalue weighted by molar-refractivity contribution is -0.267. The molecule has 0 aromatic rings. The van der Waals surface area contributed by atoms with Gasteiger partial charge in [-0.1, -0.05) is 13.8 Å². The maximum Gasteiger partial charge on any atom is 0.181 e. The zero-order chi connectivity index (χ0) is 13.9. The first-order chi connectivity index (χ1) is 8.36.